The zero-order valence-electron chi connectivity index (χ0n) is 11.8. The van der Waals surface area contributed by atoms with Gasteiger partial charge >= 0.3 is 0 Å². The van der Waals surface area contributed by atoms with Gasteiger partial charge in [0, 0.05) is 33.2 Å². The van der Waals surface area contributed by atoms with Gasteiger partial charge in [0.15, 0.2) is 0 Å². The second kappa shape index (κ2) is 6.73. The molecule has 1 rings (SSSR count). The minimum atomic E-state index is -0.167. The van der Waals surface area contributed by atoms with Gasteiger partial charge in [-0.2, -0.15) is 0 Å². The lowest BCUT2D eigenvalue weighted by Gasteiger charge is -2.30. The highest BCUT2D eigenvalue weighted by molar-refractivity contribution is 5.81. The molecule has 0 bridgehead atoms. The van der Waals surface area contributed by atoms with E-state index in [1.807, 2.05) is 6.92 Å². The highest BCUT2D eigenvalue weighted by atomic mass is 16.2. The Hall–Kier alpha value is -1.10. The molecular weight excluding hydrogens is 230 g/mol. The first-order chi connectivity index (χ1) is 8.45. The number of hydrogen-bond acceptors (Lipinski definition) is 3. The van der Waals surface area contributed by atoms with E-state index in [1.54, 1.807) is 19.0 Å². The van der Waals surface area contributed by atoms with Crippen LogP contribution in [0.2, 0.25) is 0 Å². The summed E-state index contributed by atoms with van der Waals surface area (Å²) < 4.78 is 0. The first-order valence-corrected chi connectivity index (χ1v) is 6.65. The first-order valence-electron chi connectivity index (χ1n) is 6.65. The van der Waals surface area contributed by atoms with Crippen LogP contribution in [0.4, 0.5) is 0 Å². The number of rotatable bonds is 4. The van der Waals surface area contributed by atoms with Crippen molar-refractivity contribution >= 4 is 11.8 Å². The van der Waals surface area contributed by atoms with Crippen LogP contribution in [-0.4, -0.2) is 49.9 Å². The van der Waals surface area contributed by atoms with E-state index in [-0.39, 0.29) is 23.7 Å². The molecule has 0 aromatic rings. The number of hydrogen-bond donors (Lipinski definition) is 2. The van der Waals surface area contributed by atoms with E-state index in [0.717, 1.165) is 19.4 Å². The van der Waals surface area contributed by atoms with Gasteiger partial charge in [-0.3, -0.25) is 9.59 Å². The molecular formula is C13H25N3O2. The largest absolute Gasteiger partial charge is 0.359 e. The molecule has 5 heteroatoms. The topological polar surface area (TPSA) is 61.4 Å². The van der Waals surface area contributed by atoms with Crippen molar-refractivity contribution in [1.82, 2.24) is 15.5 Å². The molecule has 2 amide bonds. The lowest BCUT2D eigenvalue weighted by atomic mass is 9.94. The van der Waals surface area contributed by atoms with Crippen LogP contribution in [0.5, 0.6) is 0 Å². The summed E-state index contributed by atoms with van der Waals surface area (Å²) in [5.74, 6) is 0.0118. The van der Waals surface area contributed by atoms with Crippen molar-refractivity contribution in [2.45, 2.75) is 32.7 Å². The Balaban J connectivity index is 2.43. The molecule has 3 unspecified atom stereocenters. The first kappa shape index (κ1) is 15.0. The third kappa shape index (κ3) is 3.98. The number of piperidine rings is 1. The fourth-order valence-electron chi connectivity index (χ4n) is 2.35. The highest BCUT2D eigenvalue weighted by Crippen LogP contribution is 2.16. The van der Waals surface area contributed by atoms with E-state index in [2.05, 4.69) is 17.6 Å². The van der Waals surface area contributed by atoms with Crippen LogP contribution < -0.4 is 10.6 Å². The minimum Gasteiger partial charge on any atom is -0.359 e. The molecule has 1 aliphatic rings. The number of carbonyl (C=O) groups is 2. The Morgan fingerprint density at radius 2 is 2.11 bits per heavy atom. The molecule has 0 aliphatic carbocycles. The van der Waals surface area contributed by atoms with Crippen LogP contribution >= 0.6 is 0 Å². The third-order valence-corrected chi connectivity index (χ3v) is 3.63. The zero-order chi connectivity index (χ0) is 13.7. The summed E-state index contributed by atoms with van der Waals surface area (Å²) in [7, 11) is 3.40. The van der Waals surface area contributed by atoms with Crippen LogP contribution in [0, 0.1) is 11.8 Å². The number of carbonyl (C=O) groups excluding carboxylic acids is 2. The van der Waals surface area contributed by atoms with E-state index in [0.29, 0.717) is 12.6 Å². The van der Waals surface area contributed by atoms with Crippen LogP contribution in [0.15, 0.2) is 0 Å². The maximum atomic E-state index is 12.2. The highest BCUT2D eigenvalue weighted by Gasteiger charge is 2.27. The fraction of sp³-hybridized carbons (Fsp3) is 0.846. The molecule has 1 fully saturated rings. The van der Waals surface area contributed by atoms with E-state index < -0.39 is 0 Å². The molecule has 3 atom stereocenters. The van der Waals surface area contributed by atoms with Gasteiger partial charge in [-0.15, -0.1) is 0 Å². The van der Waals surface area contributed by atoms with Gasteiger partial charge < -0.3 is 15.5 Å². The smallest absolute Gasteiger partial charge is 0.226 e. The quantitative estimate of drug-likeness (QED) is 0.755. The van der Waals surface area contributed by atoms with Crippen LogP contribution in [0.1, 0.15) is 26.7 Å². The van der Waals surface area contributed by atoms with E-state index >= 15 is 0 Å². The summed E-state index contributed by atoms with van der Waals surface area (Å²) in [6.45, 7) is 5.20. The van der Waals surface area contributed by atoms with Crippen molar-refractivity contribution in [3.05, 3.63) is 0 Å². The van der Waals surface area contributed by atoms with Crippen LogP contribution in [-0.2, 0) is 9.59 Å². The van der Waals surface area contributed by atoms with Gasteiger partial charge in [0.05, 0.1) is 11.8 Å². The maximum absolute atomic E-state index is 12.2. The predicted molar refractivity (Wildman–Crippen MR) is 71.1 cm³/mol. The predicted octanol–water partition coefficient (Wildman–Crippen LogP) is 0.215. The molecule has 1 heterocycles. The molecule has 0 radical (unpaired) electrons. The second-order valence-electron chi connectivity index (χ2n) is 5.32. The van der Waals surface area contributed by atoms with Gasteiger partial charge in [0.2, 0.25) is 11.8 Å². The van der Waals surface area contributed by atoms with E-state index in [1.165, 1.54) is 0 Å². The molecule has 1 saturated heterocycles. The lowest BCUT2D eigenvalue weighted by Crippen LogP contribution is -2.46. The molecule has 0 saturated carbocycles. The van der Waals surface area contributed by atoms with Gasteiger partial charge in [0.1, 0.15) is 0 Å². The van der Waals surface area contributed by atoms with Crippen LogP contribution in [0.3, 0.4) is 0 Å². The molecule has 5 nitrogen and oxygen atoms in total. The molecule has 2 N–H and O–H groups in total. The Kier molecular flexibility index (Phi) is 5.59. The fourth-order valence-corrected chi connectivity index (χ4v) is 2.35. The Morgan fingerprint density at radius 1 is 1.44 bits per heavy atom. The van der Waals surface area contributed by atoms with E-state index in [9.17, 15) is 9.59 Å². The van der Waals surface area contributed by atoms with Gasteiger partial charge in [-0.05, 0) is 19.8 Å². The van der Waals surface area contributed by atoms with Crippen molar-refractivity contribution in [2.24, 2.45) is 11.8 Å². The standard InChI is InChI=1S/C13H25N3O2/c1-9(12(17)14-3)8-16(4)13(18)11-6-5-10(2)15-7-11/h9-11,15H,5-8H2,1-4H3,(H,14,17). The van der Waals surface area contributed by atoms with E-state index in [4.69, 9.17) is 0 Å². The Bertz CT molecular complexity index is 299. The SMILES string of the molecule is CNC(=O)C(C)CN(C)C(=O)C1CCC(C)NC1. The summed E-state index contributed by atoms with van der Waals surface area (Å²) >= 11 is 0. The third-order valence-electron chi connectivity index (χ3n) is 3.63. The molecule has 104 valence electrons. The average molecular weight is 255 g/mol. The number of nitrogens with one attached hydrogen (secondary N) is 2. The summed E-state index contributed by atoms with van der Waals surface area (Å²) in [6.07, 6.45) is 1.97. The summed E-state index contributed by atoms with van der Waals surface area (Å²) in [5, 5.41) is 5.93. The zero-order valence-corrected chi connectivity index (χ0v) is 11.8. The van der Waals surface area contributed by atoms with Gasteiger partial charge in [0.25, 0.3) is 0 Å². The van der Waals surface area contributed by atoms with Crippen molar-refractivity contribution in [1.29, 1.82) is 0 Å². The molecule has 18 heavy (non-hydrogen) atoms. The normalized spacial score (nSPS) is 25.3. The van der Waals surface area contributed by atoms with Crippen LogP contribution in [0.25, 0.3) is 0 Å². The Morgan fingerprint density at radius 3 is 2.61 bits per heavy atom. The summed E-state index contributed by atoms with van der Waals surface area (Å²) in [4.78, 5) is 25.3. The molecule has 0 aromatic carbocycles. The van der Waals surface area contributed by atoms with Gasteiger partial charge in [-0.1, -0.05) is 6.92 Å². The average Bonchev–Trinajstić information content (AvgIpc) is 2.37. The molecule has 0 aromatic heterocycles. The minimum absolute atomic E-state index is 0.0231. The summed E-state index contributed by atoms with van der Waals surface area (Å²) in [6, 6.07) is 0.504. The lowest BCUT2D eigenvalue weighted by molar-refractivity contribution is -0.136. The number of amides is 2. The van der Waals surface area contributed by atoms with Crippen molar-refractivity contribution in [2.75, 3.05) is 27.2 Å². The summed E-state index contributed by atoms with van der Waals surface area (Å²) in [5.41, 5.74) is 0. The second-order valence-corrected chi connectivity index (χ2v) is 5.32. The monoisotopic (exact) mass is 255 g/mol. The van der Waals surface area contributed by atoms with Gasteiger partial charge in [-0.25, -0.2) is 0 Å². The maximum Gasteiger partial charge on any atom is 0.226 e. The van der Waals surface area contributed by atoms with Crippen molar-refractivity contribution in [3.8, 4) is 0 Å². The number of nitrogens with zero attached hydrogens (tertiary/aromatic N) is 1. The molecule has 0 spiro atoms. The van der Waals surface area contributed by atoms with Crippen molar-refractivity contribution < 1.29 is 9.59 Å². The Labute approximate surface area is 109 Å². The van der Waals surface area contributed by atoms with Crippen molar-refractivity contribution in [3.63, 3.8) is 0 Å². The molecule has 1 aliphatic heterocycles.